The van der Waals surface area contributed by atoms with E-state index in [0.717, 1.165) is 6.07 Å². The van der Waals surface area contributed by atoms with Crippen molar-refractivity contribution < 1.29 is 31.8 Å². The zero-order valence-electron chi connectivity index (χ0n) is 15.1. The number of carbonyl (C=O) groups is 1. The number of ether oxygens (including phenoxy) is 2. The summed E-state index contributed by atoms with van der Waals surface area (Å²) in [6, 6.07) is 11.5. The van der Waals surface area contributed by atoms with E-state index in [1.807, 2.05) is 0 Å². The highest BCUT2D eigenvalue weighted by atomic mass is 19.4. The van der Waals surface area contributed by atoms with E-state index in [2.05, 4.69) is 4.74 Å². The van der Waals surface area contributed by atoms with Gasteiger partial charge in [0, 0.05) is 24.7 Å². The summed E-state index contributed by atoms with van der Waals surface area (Å²) in [4.78, 5) is 13.4. The summed E-state index contributed by atoms with van der Waals surface area (Å²) in [5.74, 6) is -1.40. The molecule has 2 aromatic carbocycles. The second-order valence-electron chi connectivity index (χ2n) is 6.53. The van der Waals surface area contributed by atoms with Crippen molar-refractivity contribution in [2.45, 2.75) is 12.3 Å². The number of hydrogen-bond acceptors (Lipinski definition) is 4. The molecule has 0 radical (unpaired) electrons. The molecule has 0 aromatic heterocycles. The summed E-state index contributed by atoms with van der Waals surface area (Å²) >= 11 is 0. The Labute approximate surface area is 159 Å². The fourth-order valence-corrected chi connectivity index (χ4v) is 3.17. The summed E-state index contributed by atoms with van der Waals surface area (Å²) in [7, 11) is 1.27. The summed E-state index contributed by atoms with van der Waals surface area (Å²) in [5.41, 5.74) is 0.101. The van der Waals surface area contributed by atoms with Crippen molar-refractivity contribution in [3.05, 3.63) is 59.7 Å². The predicted octanol–water partition coefficient (Wildman–Crippen LogP) is 4.35. The van der Waals surface area contributed by atoms with Crippen LogP contribution < -0.4 is 9.64 Å². The van der Waals surface area contributed by atoms with E-state index in [1.54, 1.807) is 29.2 Å². The summed E-state index contributed by atoms with van der Waals surface area (Å²) in [6.07, 6.45) is -5.80. The number of esters is 1. The molecular weight excluding hydrogens is 378 g/mol. The Morgan fingerprint density at radius 3 is 2.61 bits per heavy atom. The van der Waals surface area contributed by atoms with E-state index >= 15 is 0 Å². The standard InChI is InChI=1S/C20H19F4NO3/c1-27-19(26)13-5-4-6-15(9-13)25-10-14(17(21)11-25)12-28-18-8-3-2-7-16(18)20(22,23)24/h2-9,14,17H,10-12H2,1H3. The molecule has 1 heterocycles. The van der Waals surface area contributed by atoms with E-state index < -0.39 is 29.8 Å². The smallest absolute Gasteiger partial charge is 0.419 e. The zero-order valence-corrected chi connectivity index (χ0v) is 15.1. The third-order valence-electron chi connectivity index (χ3n) is 4.64. The maximum absolute atomic E-state index is 14.5. The lowest BCUT2D eigenvalue weighted by atomic mass is 10.1. The minimum Gasteiger partial charge on any atom is -0.492 e. The molecule has 0 bridgehead atoms. The summed E-state index contributed by atoms with van der Waals surface area (Å²) in [5, 5.41) is 0. The molecule has 1 fully saturated rings. The molecule has 1 aliphatic heterocycles. The summed E-state index contributed by atoms with van der Waals surface area (Å²) in [6.45, 7) is 0.154. The van der Waals surface area contributed by atoms with Gasteiger partial charge in [-0.3, -0.25) is 0 Å². The number of rotatable bonds is 5. The summed E-state index contributed by atoms with van der Waals surface area (Å²) < 4.78 is 63.6. The molecule has 28 heavy (non-hydrogen) atoms. The molecule has 1 saturated heterocycles. The number of anilines is 1. The molecule has 0 saturated carbocycles. The first-order valence-electron chi connectivity index (χ1n) is 8.66. The van der Waals surface area contributed by atoms with Gasteiger partial charge in [-0.1, -0.05) is 18.2 Å². The molecule has 1 aliphatic rings. The Balaban J connectivity index is 1.68. The van der Waals surface area contributed by atoms with Crippen LogP contribution in [0.5, 0.6) is 5.75 Å². The quantitative estimate of drug-likeness (QED) is 0.556. The number of methoxy groups -OCH3 is 1. The molecule has 8 heteroatoms. The van der Waals surface area contributed by atoms with Gasteiger partial charge in [-0.15, -0.1) is 0 Å². The maximum atomic E-state index is 14.5. The molecule has 4 nitrogen and oxygen atoms in total. The highest BCUT2D eigenvalue weighted by Crippen LogP contribution is 2.36. The third-order valence-corrected chi connectivity index (χ3v) is 4.64. The first-order chi connectivity index (χ1) is 13.3. The molecule has 3 rings (SSSR count). The molecule has 0 N–H and O–H groups in total. The van der Waals surface area contributed by atoms with Crippen LogP contribution >= 0.6 is 0 Å². The monoisotopic (exact) mass is 397 g/mol. The Morgan fingerprint density at radius 2 is 1.89 bits per heavy atom. The maximum Gasteiger partial charge on any atom is 0.419 e. The Kier molecular flexibility index (Phi) is 5.76. The van der Waals surface area contributed by atoms with E-state index in [0.29, 0.717) is 11.3 Å². The van der Waals surface area contributed by atoms with Gasteiger partial charge >= 0.3 is 12.1 Å². The van der Waals surface area contributed by atoms with Gasteiger partial charge in [0.05, 0.1) is 24.8 Å². The van der Waals surface area contributed by atoms with Gasteiger partial charge in [0.1, 0.15) is 11.9 Å². The lowest BCUT2D eigenvalue weighted by Crippen LogP contribution is -2.23. The van der Waals surface area contributed by atoms with Crippen molar-refractivity contribution in [1.29, 1.82) is 0 Å². The predicted molar refractivity (Wildman–Crippen MR) is 95.3 cm³/mol. The number of carbonyl (C=O) groups excluding carboxylic acids is 1. The number of nitrogens with zero attached hydrogens (tertiary/aromatic N) is 1. The topological polar surface area (TPSA) is 38.8 Å². The van der Waals surface area contributed by atoms with Gasteiger partial charge in [-0.05, 0) is 30.3 Å². The van der Waals surface area contributed by atoms with Crippen LogP contribution in [0.4, 0.5) is 23.2 Å². The Bertz CT molecular complexity index is 840. The molecule has 150 valence electrons. The fourth-order valence-electron chi connectivity index (χ4n) is 3.17. The highest BCUT2D eigenvalue weighted by molar-refractivity contribution is 5.90. The first kappa shape index (κ1) is 20.0. The molecule has 2 aromatic rings. The largest absolute Gasteiger partial charge is 0.492 e. The van der Waals surface area contributed by atoms with Crippen LogP contribution in [0.15, 0.2) is 48.5 Å². The van der Waals surface area contributed by atoms with Gasteiger partial charge in [-0.2, -0.15) is 13.2 Å². The number of benzene rings is 2. The molecule has 2 unspecified atom stereocenters. The van der Waals surface area contributed by atoms with Crippen LogP contribution in [0.3, 0.4) is 0 Å². The highest BCUT2D eigenvalue weighted by Gasteiger charge is 2.36. The molecule has 0 aliphatic carbocycles. The minimum absolute atomic E-state index is 0.0690. The van der Waals surface area contributed by atoms with Gasteiger partial charge < -0.3 is 14.4 Å². The van der Waals surface area contributed by atoms with E-state index in [1.165, 1.54) is 25.3 Å². The van der Waals surface area contributed by atoms with E-state index in [4.69, 9.17) is 4.74 Å². The molecular formula is C20H19F4NO3. The van der Waals surface area contributed by atoms with Gasteiger partial charge in [0.15, 0.2) is 0 Å². The van der Waals surface area contributed by atoms with Crippen LogP contribution in [0.2, 0.25) is 0 Å². The van der Waals surface area contributed by atoms with Crippen molar-refractivity contribution >= 4 is 11.7 Å². The zero-order chi connectivity index (χ0) is 20.3. The van der Waals surface area contributed by atoms with E-state index in [-0.39, 0.29) is 25.4 Å². The van der Waals surface area contributed by atoms with Crippen molar-refractivity contribution in [2.75, 3.05) is 31.7 Å². The number of halogens is 4. The second-order valence-corrected chi connectivity index (χ2v) is 6.53. The van der Waals surface area contributed by atoms with Crippen molar-refractivity contribution in [2.24, 2.45) is 5.92 Å². The SMILES string of the molecule is COC(=O)c1cccc(N2CC(F)C(COc3ccccc3C(F)(F)F)C2)c1. The van der Waals surface area contributed by atoms with Crippen molar-refractivity contribution in [3.63, 3.8) is 0 Å². The lowest BCUT2D eigenvalue weighted by Gasteiger charge is -2.19. The van der Waals surface area contributed by atoms with Crippen LogP contribution in [-0.4, -0.2) is 38.9 Å². The number of para-hydroxylation sites is 1. The number of hydrogen-bond donors (Lipinski definition) is 0. The van der Waals surface area contributed by atoms with Crippen LogP contribution in [-0.2, 0) is 10.9 Å². The second kappa shape index (κ2) is 8.08. The van der Waals surface area contributed by atoms with Crippen molar-refractivity contribution in [1.82, 2.24) is 0 Å². The molecule has 0 amide bonds. The van der Waals surface area contributed by atoms with Gasteiger partial charge in [-0.25, -0.2) is 9.18 Å². The lowest BCUT2D eigenvalue weighted by molar-refractivity contribution is -0.139. The third kappa shape index (κ3) is 4.37. The van der Waals surface area contributed by atoms with Crippen LogP contribution in [0.1, 0.15) is 15.9 Å². The Hall–Kier alpha value is -2.77. The molecule has 0 spiro atoms. The van der Waals surface area contributed by atoms with Crippen LogP contribution in [0, 0.1) is 5.92 Å². The Morgan fingerprint density at radius 1 is 1.14 bits per heavy atom. The normalized spacial score (nSPS) is 19.5. The number of alkyl halides is 4. The van der Waals surface area contributed by atoms with Crippen molar-refractivity contribution in [3.8, 4) is 5.75 Å². The van der Waals surface area contributed by atoms with Gasteiger partial charge in [0.2, 0.25) is 0 Å². The minimum atomic E-state index is -4.54. The first-order valence-corrected chi connectivity index (χ1v) is 8.66. The molecule has 2 atom stereocenters. The average molecular weight is 397 g/mol. The average Bonchev–Trinajstić information content (AvgIpc) is 3.06. The fraction of sp³-hybridized carbons (Fsp3) is 0.350. The van der Waals surface area contributed by atoms with E-state index in [9.17, 15) is 22.4 Å². The van der Waals surface area contributed by atoms with Gasteiger partial charge in [0.25, 0.3) is 0 Å². The van der Waals surface area contributed by atoms with Crippen LogP contribution in [0.25, 0.3) is 0 Å².